The number of hydrogen-bond donors (Lipinski definition) is 0. The van der Waals surface area contributed by atoms with Crippen molar-refractivity contribution in [3.63, 3.8) is 0 Å². The molecule has 1 saturated heterocycles. The summed E-state index contributed by atoms with van der Waals surface area (Å²) >= 11 is 0. The van der Waals surface area contributed by atoms with Crippen molar-refractivity contribution >= 4 is 11.7 Å². The SMILES string of the molecule is CC(C)Cc1ccc(C(=O)C2CCN(C(=O)CCc3nc(-c4ccncc4)no3)CC2)cc1. The van der Waals surface area contributed by atoms with Crippen molar-refractivity contribution in [1.29, 1.82) is 0 Å². The molecule has 0 spiro atoms. The molecule has 4 rings (SSSR count). The summed E-state index contributed by atoms with van der Waals surface area (Å²) in [5.74, 6) is 1.76. The van der Waals surface area contributed by atoms with Crippen LogP contribution in [-0.4, -0.2) is 44.8 Å². The zero-order valence-electron chi connectivity index (χ0n) is 19.2. The quantitative estimate of drug-likeness (QED) is 0.477. The number of carbonyl (C=O) groups excluding carboxylic acids is 2. The average Bonchev–Trinajstić information content (AvgIpc) is 3.32. The highest BCUT2D eigenvalue weighted by Gasteiger charge is 2.28. The van der Waals surface area contributed by atoms with E-state index >= 15 is 0 Å². The van der Waals surface area contributed by atoms with Crippen LogP contribution in [-0.2, 0) is 17.6 Å². The maximum Gasteiger partial charge on any atom is 0.227 e. The first-order chi connectivity index (χ1) is 16.0. The number of Topliss-reactive ketones (excluding diaryl/α,β-unsaturated/α-hetero) is 1. The number of ketones is 1. The highest BCUT2D eigenvalue weighted by Crippen LogP contribution is 2.23. The third-order valence-corrected chi connectivity index (χ3v) is 6.06. The van der Waals surface area contributed by atoms with Gasteiger partial charge in [-0.1, -0.05) is 43.3 Å². The van der Waals surface area contributed by atoms with Crippen LogP contribution in [0.15, 0.2) is 53.3 Å². The van der Waals surface area contributed by atoms with Gasteiger partial charge in [-0.2, -0.15) is 4.98 Å². The van der Waals surface area contributed by atoms with Gasteiger partial charge < -0.3 is 9.42 Å². The standard InChI is InChI=1S/C26H30N4O3/c1-18(2)17-19-3-5-20(6-4-19)25(32)21-11-15-30(16-12-21)24(31)8-7-23-28-26(29-33-23)22-9-13-27-14-10-22/h3-6,9-10,13-14,18,21H,7-8,11-12,15-17H2,1-2H3. The van der Waals surface area contributed by atoms with Crippen molar-refractivity contribution in [2.45, 2.75) is 46.0 Å². The maximum absolute atomic E-state index is 12.9. The highest BCUT2D eigenvalue weighted by molar-refractivity contribution is 5.98. The van der Waals surface area contributed by atoms with E-state index in [9.17, 15) is 9.59 Å². The van der Waals surface area contributed by atoms with Gasteiger partial charge in [-0.15, -0.1) is 0 Å². The molecule has 1 fully saturated rings. The Hall–Kier alpha value is -3.35. The number of piperidine rings is 1. The number of amides is 1. The monoisotopic (exact) mass is 446 g/mol. The summed E-state index contributed by atoms with van der Waals surface area (Å²) in [5, 5.41) is 3.98. The molecule has 0 unspecified atom stereocenters. The molecule has 3 heterocycles. The van der Waals surface area contributed by atoms with E-state index in [0.29, 0.717) is 56.4 Å². The fourth-order valence-corrected chi connectivity index (χ4v) is 4.25. The number of pyridine rings is 1. The summed E-state index contributed by atoms with van der Waals surface area (Å²) in [4.78, 5) is 35.8. The lowest BCUT2D eigenvalue weighted by atomic mass is 9.88. The smallest absolute Gasteiger partial charge is 0.227 e. The molecule has 2 aromatic heterocycles. The summed E-state index contributed by atoms with van der Waals surface area (Å²) in [7, 11) is 0. The van der Waals surface area contributed by atoms with Crippen molar-refractivity contribution in [3.05, 3.63) is 65.8 Å². The zero-order valence-corrected chi connectivity index (χ0v) is 19.2. The van der Waals surface area contributed by atoms with Gasteiger partial charge in [-0.25, -0.2) is 0 Å². The summed E-state index contributed by atoms with van der Waals surface area (Å²) in [6, 6.07) is 11.6. The molecule has 0 radical (unpaired) electrons. The Morgan fingerprint density at radius 2 is 1.76 bits per heavy atom. The van der Waals surface area contributed by atoms with Crippen LogP contribution in [0.3, 0.4) is 0 Å². The first kappa shape index (κ1) is 22.8. The molecule has 0 bridgehead atoms. The third-order valence-electron chi connectivity index (χ3n) is 6.06. The number of hydrogen-bond acceptors (Lipinski definition) is 6. The van der Waals surface area contributed by atoms with Gasteiger partial charge in [0.05, 0.1) is 0 Å². The van der Waals surface area contributed by atoms with E-state index in [-0.39, 0.29) is 17.6 Å². The molecule has 1 aliphatic rings. The van der Waals surface area contributed by atoms with Crippen LogP contribution < -0.4 is 0 Å². The zero-order chi connectivity index (χ0) is 23.2. The first-order valence-corrected chi connectivity index (χ1v) is 11.6. The molecule has 1 aliphatic heterocycles. The summed E-state index contributed by atoms with van der Waals surface area (Å²) < 4.78 is 5.29. The average molecular weight is 447 g/mol. The molecule has 3 aromatic rings. The Morgan fingerprint density at radius 1 is 1.06 bits per heavy atom. The number of rotatable bonds is 8. The normalized spacial score (nSPS) is 14.6. The maximum atomic E-state index is 12.9. The van der Waals surface area contributed by atoms with Crippen LogP contribution in [0.1, 0.15) is 54.9 Å². The van der Waals surface area contributed by atoms with Crippen molar-refractivity contribution in [2.75, 3.05) is 13.1 Å². The van der Waals surface area contributed by atoms with E-state index < -0.39 is 0 Å². The molecule has 1 aromatic carbocycles. The molecule has 0 N–H and O–H groups in total. The van der Waals surface area contributed by atoms with Gasteiger partial charge in [0.15, 0.2) is 5.78 Å². The lowest BCUT2D eigenvalue weighted by Crippen LogP contribution is -2.40. The number of aryl methyl sites for hydroxylation is 1. The van der Waals surface area contributed by atoms with E-state index in [2.05, 4.69) is 41.1 Å². The number of nitrogens with zero attached hydrogens (tertiary/aromatic N) is 4. The lowest BCUT2D eigenvalue weighted by molar-refractivity contribution is -0.132. The van der Waals surface area contributed by atoms with Crippen LogP contribution in [0.2, 0.25) is 0 Å². The Bertz CT molecular complexity index is 1070. The molecule has 0 atom stereocenters. The summed E-state index contributed by atoms with van der Waals surface area (Å²) in [6.07, 6.45) is 6.47. The summed E-state index contributed by atoms with van der Waals surface area (Å²) in [6.45, 7) is 5.59. The lowest BCUT2D eigenvalue weighted by Gasteiger charge is -2.31. The van der Waals surface area contributed by atoms with Gasteiger partial charge in [0.2, 0.25) is 17.6 Å². The minimum Gasteiger partial charge on any atom is -0.343 e. The van der Waals surface area contributed by atoms with Crippen LogP contribution in [0.4, 0.5) is 0 Å². The van der Waals surface area contributed by atoms with Crippen molar-refractivity contribution < 1.29 is 14.1 Å². The summed E-state index contributed by atoms with van der Waals surface area (Å²) in [5.41, 5.74) is 2.86. The fourth-order valence-electron chi connectivity index (χ4n) is 4.25. The first-order valence-electron chi connectivity index (χ1n) is 11.6. The van der Waals surface area contributed by atoms with Gasteiger partial charge in [-0.05, 0) is 42.9 Å². The predicted octanol–water partition coefficient (Wildman–Crippen LogP) is 4.38. The van der Waals surface area contributed by atoms with E-state index in [4.69, 9.17) is 4.52 Å². The Kier molecular flexibility index (Phi) is 7.27. The van der Waals surface area contributed by atoms with Crippen LogP contribution >= 0.6 is 0 Å². The van der Waals surface area contributed by atoms with E-state index in [1.165, 1.54) is 5.56 Å². The Labute approximate surface area is 194 Å². The number of carbonyl (C=O) groups is 2. The van der Waals surface area contributed by atoms with Crippen LogP contribution in [0.5, 0.6) is 0 Å². The fraction of sp³-hybridized carbons (Fsp3) is 0.423. The minimum atomic E-state index is -0.0242. The van der Waals surface area contributed by atoms with Gasteiger partial charge in [0, 0.05) is 55.4 Å². The van der Waals surface area contributed by atoms with E-state index in [0.717, 1.165) is 17.5 Å². The highest BCUT2D eigenvalue weighted by atomic mass is 16.5. The van der Waals surface area contributed by atoms with E-state index in [1.807, 2.05) is 29.2 Å². The molecule has 1 amide bonds. The molecule has 7 nitrogen and oxygen atoms in total. The molecular formula is C26H30N4O3. The van der Waals surface area contributed by atoms with Gasteiger partial charge in [-0.3, -0.25) is 14.6 Å². The molecule has 172 valence electrons. The minimum absolute atomic E-state index is 0.0242. The topological polar surface area (TPSA) is 89.2 Å². The second-order valence-electron chi connectivity index (χ2n) is 9.06. The Morgan fingerprint density at radius 3 is 2.42 bits per heavy atom. The van der Waals surface area contributed by atoms with Crippen LogP contribution in [0.25, 0.3) is 11.4 Å². The van der Waals surface area contributed by atoms with Gasteiger partial charge in [0.25, 0.3) is 0 Å². The molecule has 7 heteroatoms. The predicted molar refractivity (Wildman–Crippen MR) is 124 cm³/mol. The van der Waals surface area contributed by atoms with Gasteiger partial charge in [0.1, 0.15) is 0 Å². The molecule has 33 heavy (non-hydrogen) atoms. The van der Waals surface area contributed by atoms with Gasteiger partial charge >= 0.3 is 0 Å². The van der Waals surface area contributed by atoms with Crippen LogP contribution in [0, 0.1) is 11.8 Å². The number of aromatic nitrogens is 3. The Balaban J connectivity index is 1.24. The largest absolute Gasteiger partial charge is 0.343 e. The molecule has 0 saturated carbocycles. The van der Waals surface area contributed by atoms with Crippen molar-refractivity contribution in [3.8, 4) is 11.4 Å². The molecule has 0 aliphatic carbocycles. The third kappa shape index (κ3) is 5.92. The van der Waals surface area contributed by atoms with E-state index in [1.54, 1.807) is 12.4 Å². The second kappa shape index (κ2) is 10.5. The molecular weight excluding hydrogens is 416 g/mol. The second-order valence-corrected chi connectivity index (χ2v) is 9.06. The number of likely N-dealkylation sites (tertiary alicyclic amines) is 1. The van der Waals surface area contributed by atoms with Crippen molar-refractivity contribution in [2.24, 2.45) is 11.8 Å². The number of benzene rings is 1. The van der Waals surface area contributed by atoms with Crippen molar-refractivity contribution in [1.82, 2.24) is 20.0 Å².